The number of amides is 1. The van der Waals surface area contributed by atoms with Crippen molar-refractivity contribution >= 4 is 15.9 Å². The Hall–Kier alpha value is -3.36. The molecule has 0 unspecified atom stereocenters. The zero-order valence-corrected chi connectivity index (χ0v) is 22.2. The predicted molar refractivity (Wildman–Crippen MR) is 144 cm³/mol. The number of carbonyl (C=O) groups excluding carboxylic acids is 1. The van der Waals surface area contributed by atoms with E-state index < -0.39 is 10.0 Å². The lowest BCUT2D eigenvalue weighted by atomic mass is 9.88. The van der Waals surface area contributed by atoms with Gasteiger partial charge in [-0.05, 0) is 47.2 Å². The van der Waals surface area contributed by atoms with E-state index in [9.17, 15) is 13.2 Å². The van der Waals surface area contributed by atoms with Gasteiger partial charge in [-0.3, -0.25) is 4.79 Å². The Morgan fingerprint density at radius 2 is 1.49 bits per heavy atom. The van der Waals surface area contributed by atoms with Crippen LogP contribution in [0.3, 0.4) is 0 Å². The summed E-state index contributed by atoms with van der Waals surface area (Å²) >= 11 is 0. The molecule has 3 aromatic carbocycles. The summed E-state index contributed by atoms with van der Waals surface area (Å²) in [5, 5.41) is 2.92. The normalized spacial score (nSPS) is 13.7. The minimum absolute atomic E-state index is 0.0172. The van der Waals surface area contributed by atoms with Crippen LogP contribution in [0.4, 0.5) is 0 Å². The smallest absolute Gasteiger partial charge is 0.220 e. The summed E-state index contributed by atoms with van der Waals surface area (Å²) in [6, 6.07) is 23.7. The predicted octanol–water partition coefficient (Wildman–Crippen LogP) is 4.12. The minimum atomic E-state index is -3.46. The van der Waals surface area contributed by atoms with E-state index in [4.69, 9.17) is 9.47 Å². The molecule has 1 amide bonds. The number of benzene rings is 3. The molecule has 196 valence electrons. The van der Waals surface area contributed by atoms with Gasteiger partial charge < -0.3 is 14.8 Å². The molecule has 8 heteroatoms. The highest BCUT2D eigenvalue weighted by Crippen LogP contribution is 2.34. The number of sulfonamides is 1. The maximum atomic E-state index is 13.0. The molecular weight excluding hydrogens is 488 g/mol. The van der Waals surface area contributed by atoms with Crippen LogP contribution in [-0.2, 0) is 27.8 Å². The first-order valence-corrected chi connectivity index (χ1v) is 14.1. The van der Waals surface area contributed by atoms with Crippen LogP contribution in [0.5, 0.6) is 11.5 Å². The van der Waals surface area contributed by atoms with Crippen LogP contribution in [0.2, 0.25) is 0 Å². The Morgan fingerprint density at radius 1 is 0.919 bits per heavy atom. The molecule has 0 bridgehead atoms. The van der Waals surface area contributed by atoms with E-state index in [0.717, 1.165) is 22.3 Å². The second-order valence-electron chi connectivity index (χ2n) is 9.16. The number of ether oxygens (including phenoxy) is 2. The summed E-state index contributed by atoms with van der Waals surface area (Å²) in [7, 11) is -0.302. The van der Waals surface area contributed by atoms with Crippen molar-refractivity contribution in [2.75, 3.05) is 33.1 Å². The molecule has 0 radical (unpaired) electrons. The molecule has 0 spiro atoms. The van der Waals surface area contributed by atoms with Crippen molar-refractivity contribution in [1.82, 2.24) is 9.62 Å². The van der Waals surface area contributed by atoms with E-state index in [2.05, 4.69) is 5.32 Å². The van der Waals surface area contributed by atoms with Gasteiger partial charge in [-0.2, -0.15) is 4.31 Å². The van der Waals surface area contributed by atoms with E-state index in [1.807, 2.05) is 72.8 Å². The first-order chi connectivity index (χ1) is 17.9. The first-order valence-electron chi connectivity index (χ1n) is 12.5. The number of rotatable bonds is 11. The molecule has 4 rings (SSSR count). The van der Waals surface area contributed by atoms with Gasteiger partial charge in [0.05, 0.1) is 20.0 Å². The molecule has 37 heavy (non-hydrogen) atoms. The molecule has 7 nitrogen and oxygen atoms in total. The van der Waals surface area contributed by atoms with Crippen LogP contribution in [0.15, 0.2) is 72.8 Å². The van der Waals surface area contributed by atoms with E-state index in [0.29, 0.717) is 50.4 Å². The lowest BCUT2D eigenvalue weighted by Crippen LogP contribution is -2.38. The molecule has 0 fully saturated rings. The highest BCUT2D eigenvalue weighted by Gasteiger charge is 2.27. The molecule has 1 heterocycles. The fourth-order valence-electron chi connectivity index (χ4n) is 4.76. The van der Waals surface area contributed by atoms with Gasteiger partial charge in [-0.25, -0.2) is 8.42 Å². The number of fused-ring (bicyclic) bond motifs is 1. The lowest BCUT2D eigenvalue weighted by Gasteiger charge is -2.29. The van der Waals surface area contributed by atoms with Crippen LogP contribution < -0.4 is 14.8 Å². The lowest BCUT2D eigenvalue weighted by molar-refractivity contribution is -0.121. The van der Waals surface area contributed by atoms with Gasteiger partial charge in [-0.15, -0.1) is 0 Å². The number of hydrogen-bond acceptors (Lipinski definition) is 5. The Balaban J connectivity index is 1.31. The third kappa shape index (κ3) is 6.70. The number of nitrogens with zero attached hydrogens (tertiary/aromatic N) is 1. The molecule has 0 saturated carbocycles. The van der Waals surface area contributed by atoms with Gasteiger partial charge in [0.25, 0.3) is 0 Å². The molecule has 0 saturated heterocycles. The molecular formula is C29H34N2O5S. The van der Waals surface area contributed by atoms with Crippen molar-refractivity contribution < 1.29 is 22.7 Å². The van der Waals surface area contributed by atoms with E-state index in [-0.39, 0.29) is 17.6 Å². The average Bonchev–Trinajstić information content (AvgIpc) is 2.93. The average molecular weight is 523 g/mol. The zero-order valence-electron chi connectivity index (χ0n) is 21.4. The monoisotopic (exact) mass is 522 g/mol. The van der Waals surface area contributed by atoms with Crippen molar-refractivity contribution in [1.29, 1.82) is 0 Å². The summed E-state index contributed by atoms with van der Waals surface area (Å²) in [5.41, 5.74) is 4.15. The SMILES string of the molecule is COc1cc2c(cc1OC)CN(S(=O)(=O)CCCNC(=O)CC(c1ccccc1)c1ccccc1)CC2. The van der Waals surface area contributed by atoms with Gasteiger partial charge in [0.1, 0.15) is 0 Å². The quantitative estimate of drug-likeness (QED) is 0.383. The summed E-state index contributed by atoms with van der Waals surface area (Å²) in [6.07, 6.45) is 1.27. The van der Waals surface area contributed by atoms with Crippen LogP contribution >= 0.6 is 0 Å². The Kier molecular flexibility index (Phi) is 8.84. The number of carbonyl (C=O) groups is 1. The van der Waals surface area contributed by atoms with E-state index >= 15 is 0 Å². The zero-order chi connectivity index (χ0) is 26.3. The molecule has 1 aliphatic rings. The van der Waals surface area contributed by atoms with Crippen molar-refractivity contribution in [2.24, 2.45) is 0 Å². The second-order valence-corrected chi connectivity index (χ2v) is 11.2. The standard InChI is InChI=1S/C29H34N2O5S/c1-35-27-18-24-14-16-31(21-25(24)19-28(27)36-2)37(33,34)17-9-15-30-29(32)20-26(22-10-5-3-6-11-22)23-12-7-4-8-13-23/h3-8,10-13,18-19,26H,9,14-17,20-21H2,1-2H3,(H,30,32). The Bertz CT molecular complexity index is 1260. The van der Waals surface area contributed by atoms with Crippen molar-refractivity contribution in [2.45, 2.75) is 31.7 Å². The van der Waals surface area contributed by atoms with Crippen LogP contribution in [-0.4, -0.2) is 51.7 Å². The summed E-state index contributed by atoms with van der Waals surface area (Å²) in [6.45, 7) is 1.04. The van der Waals surface area contributed by atoms with Gasteiger partial charge in [0.15, 0.2) is 11.5 Å². The summed E-state index contributed by atoms with van der Waals surface area (Å²) in [4.78, 5) is 12.8. The molecule has 1 N–H and O–H groups in total. The van der Waals surface area contributed by atoms with Crippen molar-refractivity contribution in [3.05, 3.63) is 95.1 Å². The van der Waals surface area contributed by atoms with Gasteiger partial charge in [0.2, 0.25) is 15.9 Å². The number of methoxy groups -OCH3 is 2. The second kappa shape index (κ2) is 12.3. The molecule has 0 atom stereocenters. The Labute approximate surface area is 219 Å². The highest BCUT2D eigenvalue weighted by atomic mass is 32.2. The highest BCUT2D eigenvalue weighted by molar-refractivity contribution is 7.89. The molecule has 0 aliphatic carbocycles. The summed E-state index contributed by atoms with van der Waals surface area (Å²) < 4.78 is 38.3. The van der Waals surface area contributed by atoms with Gasteiger partial charge in [-0.1, -0.05) is 60.7 Å². The van der Waals surface area contributed by atoms with Gasteiger partial charge >= 0.3 is 0 Å². The first kappa shape index (κ1) is 26.7. The largest absolute Gasteiger partial charge is 0.493 e. The molecule has 0 aromatic heterocycles. The van der Waals surface area contributed by atoms with Crippen LogP contribution in [0.25, 0.3) is 0 Å². The Morgan fingerprint density at radius 3 is 2.05 bits per heavy atom. The topological polar surface area (TPSA) is 84.9 Å². The maximum Gasteiger partial charge on any atom is 0.220 e. The van der Waals surface area contributed by atoms with E-state index in [1.165, 1.54) is 4.31 Å². The van der Waals surface area contributed by atoms with Gasteiger partial charge in [0, 0.05) is 32.0 Å². The van der Waals surface area contributed by atoms with Crippen molar-refractivity contribution in [3.8, 4) is 11.5 Å². The van der Waals surface area contributed by atoms with Crippen LogP contribution in [0, 0.1) is 0 Å². The third-order valence-electron chi connectivity index (χ3n) is 6.77. The van der Waals surface area contributed by atoms with Crippen molar-refractivity contribution in [3.63, 3.8) is 0 Å². The van der Waals surface area contributed by atoms with Crippen LogP contribution in [0.1, 0.15) is 41.0 Å². The van der Waals surface area contributed by atoms with E-state index in [1.54, 1.807) is 14.2 Å². The maximum absolute atomic E-state index is 13.0. The number of nitrogens with one attached hydrogen (secondary N) is 1. The summed E-state index contributed by atoms with van der Waals surface area (Å²) in [5.74, 6) is 1.07. The minimum Gasteiger partial charge on any atom is -0.493 e. The fraction of sp³-hybridized carbons (Fsp3) is 0.345. The molecule has 3 aromatic rings. The fourth-order valence-corrected chi connectivity index (χ4v) is 6.24. The number of hydrogen-bond donors (Lipinski definition) is 1. The third-order valence-corrected chi connectivity index (χ3v) is 8.67. The molecule has 1 aliphatic heterocycles.